The fourth-order valence-electron chi connectivity index (χ4n) is 3.20. The molecule has 0 bridgehead atoms. The number of piperazine rings is 1. The van der Waals surface area contributed by atoms with Crippen molar-refractivity contribution in [3.63, 3.8) is 0 Å². The summed E-state index contributed by atoms with van der Waals surface area (Å²) < 4.78 is 0. The Hall–Kier alpha value is -0.570. The van der Waals surface area contributed by atoms with Crippen molar-refractivity contribution in [1.29, 1.82) is 0 Å². The van der Waals surface area contributed by atoms with E-state index in [1.54, 1.807) is 6.92 Å². The van der Waals surface area contributed by atoms with Crippen molar-refractivity contribution in [3.05, 3.63) is 0 Å². The van der Waals surface area contributed by atoms with Gasteiger partial charge in [0.05, 0.1) is 0 Å². The number of amides is 1. The van der Waals surface area contributed by atoms with E-state index in [-0.39, 0.29) is 5.91 Å². The second-order valence-corrected chi connectivity index (χ2v) is 5.54. The van der Waals surface area contributed by atoms with Crippen LogP contribution in [0.5, 0.6) is 0 Å². The smallest absolute Gasteiger partial charge is 0.219 e. The summed E-state index contributed by atoms with van der Waals surface area (Å²) in [4.78, 5) is 15.9. The van der Waals surface area contributed by atoms with Crippen LogP contribution in [0.4, 0.5) is 0 Å². The molecule has 1 aliphatic heterocycles. The van der Waals surface area contributed by atoms with Crippen LogP contribution in [0.15, 0.2) is 0 Å². The van der Waals surface area contributed by atoms with Crippen LogP contribution >= 0.6 is 0 Å². The van der Waals surface area contributed by atoms with Gasteiger partial charge >= 0.3 is 0 Å². The number of hydrogen-bond acceptors (Lipinski definition) is 2. The predicted molar refractivity (Wildman–Crippen MR) is 69.9 cm³/mol. The Labute approximate surface area is 105 Å². The van der Waals surface area contributed by atoms with Crippen LogP contribution in [0.3, 0.4) is 0 Å². The van der Waals surface area contributed by atoms with Crippen molar-refractivity contribution < 1.29 is 4.79 Å². The summed E-state index contributed by atoms with van der Waals surface area (Å²) in [5.74, 6) is 0.238. The van der Waals surface area contributed by atoms with E-state index in [9.17, 15) is 4.79 Å². The van der Waals surface area contributed by atoms with Gasteiger partial charge in [-0.15, -0.1) is 0 Å². The molecule has 1 aliphatic carbocycles. The van der Waals surface area contributed by atoms with E-state index in [1.165, 1.54) is 44.9 Å². The topological polar surface area (TPSA) is 23.6 Å². The van der Waals surface area contributed by atoms with Crippen LogP contribution in [0.2, 0.25) is 0 Å². The van der Waals surface area contributed by atoms with E-state index in [0.717, 1.165) is 32.2 Å². The first kappa shape index (κ1) is 12.9. The average Bonchev–Trinajstić information content (AvgIpc) is 2.29. The van der Waals surface area contributed by atoms with Crippen molar-refractivity contribution in [2.45, 2.75) is 57.9 Å². The SMILES string of the molecule is CC(=O)N1CCN(C2CCCCCCC2)CC1. The third-order valence-electron chi connectivity index (χ3n) is 4.35. The van der Waals surface area contributed by atoms with Gasteiger partial charge in [0.2, 0.25) is 5.91 Å². The molecule has 1 saturated carbocycles. The van der Waals surface area contributed by atoms with Gasteiger partial charge in [-0.2, -0.15) is 0 Å². The van der Waals surface area contributed by atoms with E-state index in [0.29, 0.717) is 0 Å². The molecule has 0 unspecified atom stereocenters. The fourth-order valence-corrected chi connectivity index (χ4v) is 3.20. The molecule has 2 fully saturated rings. The highest BCUT2D eigenvalue weighted by atomic mass is 16.2. The van der Waals surface area contributed by atoms with Crippen LogP contribution in [0.1, 0.15) is 51.9 Å². The van der Waals surface area contributed by atoms with E-state index in [2.05, 4.69) is 4.90 Å². The highest BCUT2D eigenvalue weighted by molar-refractivity contribution is 5.73. The van der Waals surface area contributed by atoms with E-state index < -0.39 is 0 Å². The lowest BCUT2D eigenvalue weighted by atomic mass is 9.95. The van der Waals surface area contributed by atoms with Crippen LogP contribution in [-0.4, -0.2) is 47.9 Å². The summed E-state index contributed by atoms with van der Waals surface area (Å²) in [6.45, 7) is 5.73. The molecule has 3 nitrogen and oxygen atoms in total. The Morgan fingerprint density at radius 3 is 1.94 bits per heavy atom. The van der Waals surface area contributed by atoms with Crippen molar-refractivity contribution in [2.24, 2.45) is 0 Å². The van der Waals surface area contributed by atoms with Crippen molar-refractivity contribution in [3.8, 4) is 0 Å². The Balaban J connectivity index is 1.80. The summed E-state index contributed by atoms with van der Waals surface area (Å²) in [5.41, 5.74) is 0. The zero-order valence-corrected chi connectivity index (χ0v) is 11.2. The first-order chi connectivity index (χ1) is 8.27. The Kier molecular flexibility index (Phi) is 4.84. The number of carbonyl (C=O) groups is 1. The normalized spacial score (nSPS) is 25.4. The maximum atomic E-state index is 11.3. The first-order valence-corrected chi connectivity index (χ1v) is 7.27. The van der Waals surface area contributed by atoms with Crippen LogP contribution < -0.4 is 0 Å². The lowest BCUT2D eigenvalue weighted by Crippen LogP contribution is -2.51. The molecule has 1 saturated heterocycles. The summed E-state index contributed by atoms with van der Waals surface area (Å²) in [7, 11) is 0. The van der Waals surface area contributed by atoms with Gasteiger partial charge in [0.15, 0.2) is 0 Å². The molecule has 0 aromatic carbocycles. The third-order valence-corrected chi connectivity index (χ3v) is 4.35. The molecular weight excluding hydrogens is 212 g/mol. The maximum absolute atomic E-state index is 11.3. The lowest BCUT2D eigenvalue weighted by Gasteiger charge is -2.39. The lowest BCUT2D eigenvalue weighted by molar-refractivity contribution is -0.130. The monoisotopic (exact) mass is 238 g/mol. The second kappa shape index (κ2) is 6.39. The highest BCUT2D eigenvalue weighted by Gasteiger charge is 2.24. The second-order valence-electron chi connectivity index (χ2n) is 5.54. The summed E-state index contributed by atoms with van der Waals surface area (Å²) in [5, 5.41) is 0. The molecule has 0 N–H and O–H groups in total. The van der Waals surface area contributed by atoms with E-state index >= 15 is 0 Å². The maximum Gasteiger partial charge on any atom is 0.219 e. The molecule has 2 rings (SSSR count). The predicted octanol–water partition coefficient (Wildman–Crippen LogP) is 2.26. The minimum atomic E-state index is 0.238. The summed E-state index contributed by atoms with van der Waals surface area (Å²) >= 11 is 0. The molecule has 0 radical (unpaired) electrons. The minimum Gasteiger partial charge on any atom is -0.340 e. The van der Waals surface area contributed by atoms with Crippen LogP contribution in [0, 0.1) is 0 Å². The third kappa shape index (κ3) is 3.70. The van der Waals surface area contributed by atoms with Gasteiger partial charge in [0.1, 0.15) is 0 Å². The summed E-state index contributed by atoms with van der Waals surface area (Å²) in [6.07, 6.45) is 9.83. The minimum absolute atomic E-state index is 0.238. The number of hydrogen-bond donors (Lipinski definition) is 0. The Morgan fingerprint density at radius 2 is 1.41 bits per heavy atom. The molecule has 0 spiro atoms. The van der Waals surface area contributed by atoms with Gasteiger partial charge < -0.3 is 4.90 Å². The number of rotatable bonds is 1. The van der Waals surface area contributed by atoms with Gasteiger partial charge in [-0.05, 0) is 12.8 Å². The molecule has 1 heterocycles. The van der Waals surface area contributed by atoms with Gasteiger partial charge in [-0.25, -0.2) is 0 Å². The standard InChI is InChI=1S/C14H26N2O/c1-13(17)15-9-11-16(12-10-15)14-7-5-3-2-4-6-8-14/h14H,2-12H2,1H3. The van der Waals surface area contributed by atoms with Crippen molar-refractivity contribution >= 4 is 5.91 Å². The van der Waals surface area contributed by atoms with Crippen LogP contribution in [-0.2, 0) is 4.79 Å². The van der Waals surface area contributed by atoms with Gasteiger partial charge in [0, 0.05) is 39.1 Å². The number of nitrogens with zero attached hydrogens (tertiary/aromatic N) is 2. The molecule has 0 aromatic heterocycles. The van der Waals surface area contributed by atoms with Gasteiger partial charge in [-0.1, -0.05) is 32.1 Å². The zero-order valence-electron chi connectivity index (χ0n) is 11.2. The Bertz CT molecular complexity index is 239. The molecule has 98 valence electrons. The van der Waals surface area contributed by atoms with Crippen molar-refractivity contribution in [1.82, 2.24) is 9.80 Å². The molecule has 1 amide bonds. The van der Waals surface area contributed by atoms with Gasteiger partial charge in [-0.3, -0.25) is 9.69 Å². The first-order valence-electron chi connectivity index (χ1n) is 7.27. The number of carbonyl (C=O) groups excluding carboxylic acids is 1. The van der Waals surface area contributed by atoms with E-state index in [4.69, 9.17) is 0 Å². The highest BCUT2D eigenvalue weighted by Crippen LogP contribution is 2.22. The average molecular weight is 238 g/mol. The summed E-state index contributed by atoms with van der Waals surface area (Å²) in [6, 6.07) is 0.796. The molecular formula is C14H26N2O. The molecule has 0 aromatic rings. The molecule has 0 atom stereocenters. The quantitative estimate of drug-likeness (QED) is 0.699. The van der Waals surface area contributed by atoms with Crippen LogP contribution in [0.25, 0.3) is 0 Å². The van der Waals surface area contributed by atoms with E-state index in [1.807, 2.05) is 4.90 Å². The molecule has 3 heteroatoms. The largest absolute Gasteiger partial charge is 0.340 e. The van der Waals surface area contributed by atoms with Gasteiger partial charge in [0.25, 0.3) is 0 Å². The Morgan fingerprint density at radius 1 is 0.882 bits per heavy atom. The van der Waals surface area contributed by atoms with Crippen molar-refractivity contribution in [2.75, 3.05) is 26.2 Å². The molecule has 2 aliphatic rings. The zero-order chi connectivity index (χ0) is 12.1. The fraction of sp³-hybridized carbons (Fsp3) is 0.929. The molecule has 17 heavy (non-hydrogen) atoms.